The second kappa shape index (κ2) is 6.53. The van der Waals surface area contributed by atoms with Crippen molar-refractivity contribution in [2.45, 2.75) is 36.5 Å². The molecule has 0 aliphatic heterocycles. The monoisotopic (exact) mass is 396 g/mol. The van der Waals surface area contributed by atoms with Crippen molar-refractivity contribution in [2.75, 3.05) is 5.75 Å². The molecule has 132 valence electrons. The molecule has 0 radical (unpaired) electrons. The average molecular weight is 397 g/mol. The van der Waals surface area contributed by atoms with E-state index >= 15 is 0 Å². The lowest BCUT2D eigenvalue weighted by molar-refractivity contribution is 0.103. The molecular formula is C18H18Cl2N2O2S. The summed E-state index contributed by atoms with van der Waals surface area (Å²) in [7, 11) is 1.64. The largest absolute Gasteiger partial charge is 0.493 e. The molecule has 1 heterocycles. The van der Waals surface area contributed by atoms with E-state index in [1.165, 1.54) is 17.5 Å². The van der Waals surface area contributed by atoms with Gasteiger partial charge in [0.2, 0.25) is 11.7 Å². The first-order valence-electron chi connectivity index (χ1n) is 8.38. The highest BCUT2D eigenvalue weighted by Crippen LogP contribution is 2.45. The second-order valence-corrected chi connectivity index (χ2v) is 8.62. The molecule has 0 atom stereocenters. The average Bonchev–Trinajstić information content (AvgIpc) is 3.47. The zero-order valence-corrected chi connectivity index (χ0v) is 16.1. The van der Waals surface area contributed by atoms with Crippen molar-refractivity contribution in [3.05, 3.63) is 39.0 Å². The van der Waals surface area contributed by atoms with Crippen LogP contribution in [0.5, 0.6) is 5.88 Å². The van der Waals surface area contributed by atoms with E-state index in [0.717, 1.165) is 29.4 Å². The number of thioether (sulfide) groups is 1. The number of hydrogen-bond acceptors (Lipinski definition) is 4. The molecule has 0 saturated heterocycles. The first-order chi connectivity index (χ1) is 12.0. The maximum Gasteiger partial charge on any atom is 0.220 e. The van der Waals surface area contributed by atoms with Crippen LogP contribution in [-0.2, 0) is 7.05 Å². The summed E-state index contributed by atoms with van der Waals surface area (Å²) < 4.78 is 1.35. The molecule has 0 spiro atoms. The summed E-state index contributed by atoms with van der Waals surface area (Å²) in [6.07, 6.45) is 4.48. The Bertz CT molecular complexity index is 857. The van der Waals surface area contributed by atoms with Gasteiger partial charge in [0.15, 0.2) is 0 Å². The number of ketones is 1. The molecule has 2 aromatic rings. The molecule has 2 saturated carbocycles. The quantitative estimate of drug-likeness (QED) is 0.548. The van der Waals surface area contributed by atoms with Crippen LogP contribution in [0.15, 0.2) is 17.0 Å². The van der Waals surface area contributed by atoms with Gasteiger partial charge in [-0.1, -0.05) is 23.2 Å². The minimum Gasteiger partial charge on any atom is -0.493 e. The Morgan fingerprint density at radius 1 is 1.32 bits per heavy atom. The van der Waals surface area contributed by atoms with E-state index in [0.29, 0.717) is 21.3 Å². The van der Waals surface area contributed by atoms with Crippen molar-refractivity contribution in [3.8, 4) is 5.88 Å². The summed E-state index contributed by atoms with van der Waals surface area (Å²) in [6.45, 7) is 0. The molecule has 0 bridgehead atoms. The number of aromatic nitrogens is 2. The van der Waals surface area contributed by atoms with Gasteiger partial charge in [-0.15, -0.1) is 11.8 Å². The van der Waals surface area contributed by atoms with E-state index in [1.54, 1.807) is 30.9 Å². The van der Waals surface area contributed by atoms with Crippen molar-refractivity contribution in [1.82, 2.24) is 9.78 Å². The lowest BCUT2D eigenvalue weighted by Gasteiger charge is -2.11. The number of nitrogens with zero attached hydrogens (tertiary/aromatic N) is 2. The van der Waals surface area contributed by atoms with Gasteiger partial charge in [0.25, 0.3) is 0 Å². The summed E-state index contributed by atoms with van der Waals surface area (Å²) >= 11 is 14.4. The smallest absolute Gasteiger partial charge is 0.220 e. The van der Waals surface area contributed by atoms with Gasteiger partial charge in [-0.2, -0.15) is 5.10 Å². The van der Waals surface area contributed by atoms with E-state index in [2.05, 4.69) is 5.10 Å². The fourth-order valence-electron chi connectivity index (χ4n) is 2.86. The minimum atomic E-state index is -0.289. The highest BCUT2D eigenvalue weighted by Gasteiger charge is 2.35. The summed E-state index contributed by atoms with van der Waals surface area (Å²) in [4.78, 5) is 13.9. The van der Waals surface area contributed by atoms with Crippen molar-refractivity contribution in [3.63, 3.8) is 0 Å². The molecule has 1 N–H and O–H groups in total. The van der Waals surface area contributed by atoms with Crippen LogP contribution < -0.4 is 0 Å². The third-order valence-corrected chi connectivity index (χ3v) is 6.97. The molecule has 0 amide bonds. The molecule has 1 aromatic carbocycles. The van der Waals surface area contributed by atoms with Gasteiger partial charge in [-0.3, -0.25) is 4.79 Å². The second-order valence-electron chi connectivity index (χ2n) is 6.80. The predicted octanol–water partition coefficient (Wildman–Crippen LogP) is 5.04. The maximum absolute atomic E-state index is 13.1. The normalized spacial score (nSPS) is 17.1. The Balaban J connectivity index is 1.72. The number of aromatic hydroxyl groups is 1. The fourth-order valence-corrected chi connectivity index (χ4v) is 4.82. The highest BCUT2D eigenvalue weighted by molar-refractivity contribution is 7.99. The molecule has 25 heavy (non-hydrogen) atoms. The molecular weight excluding hydrogens is 379 g/mol. The lowest BCUT2D eigenvalue weighted by atomic mass is 10.0. The van der Waals surface area contributed by atoms with Gasteiger partial charge in [0, 0.05) is 29.2 Å². The van der Waals surface area contributed by atoms with Crippen molar-refractivity contribution in [1.29, 1.82) is 0 Å². The van der Waals surface area contributed by atoms with E-state index in [-0.39, 0.29) is 23.1 Å². The number of benzene rings is 1. The van der Waals surface area contributed by atoms with Crippen LogP contribution in [0, 0.1) is 5.92 Å². The van der Waals surface area contributed by atoms with Crippen molar-refractivity contribution >= 4 is 40.7 Å². The van der Waals surface area contributed by atoms with E-state index < -0.39 is 0 Å². The van der Waals surface area contributed by atoms with Crippen LogP contribution in [0.2, 0.25) is 10.0 Å². The molecule has 4 rings (SSSR count). The standard InChI is InChI=1S/C18H18Cl2N2O2S/c1-22-18(24)13(15(21-22)10-4-5-10)16(23)11-6-7-12(19)17(14(11)20)25-8-9-2-3-9/h6-7,9-10,24H,2-5,8H2,1H3. The molecule has 1 aromatic heterocycles. The van der Waals surface area contributed by atoms with Crippen LogP contribution in [0.3, 0.4) is 0 Å². The predicted molar refractivity (Wildman–Crippen MR) is 100 cm³/mol. The number of hydrogen-bond donors (Lipinski definition) is 1. The summed E-state index contributed by atoms with van der Waals surface area (Å²) in [5, 5.41) is 15.6. The highest BCUT2D eigenvalue weighted by atomic mass is 35.5. The Hall–Kier alpha value is -1.17. The molecule has 7 heteroatoms. The minimum absolute atomic E-state index is 0.106. The molecule has 2 fully saturated rings. The zero-order chi connectivity index (χ0) is 17.7. The lowest BCUT2D eigenvalue weighted by Crippen LogP contribution is -2.05. The van der Waals surface area contributed by atoms with Gasteiger partial charge in [0.1, 0.15) is 5.56 Å². The van der Waals surface area contributed by atoms with Crippen LogP contribution >= 0.6 is 35.0 Å². The fraction of sp³-hybridized carbons (Fsp3) is 0.444. The number of aryl methyl sites for hydroxylation is 1. The SMILES string of the molecule is Cn1nc(C2CC2)c(C(=O)c2ccc(Cl)c(SCC3CC3)c2Cl)c1O. The Morgan fingerprint density at radius 2 is 2.04 bits per heavy atom. The van der Waals surface area contributed by atoms with E-state index in [1.807, 2.05) is 0 Å². The number of rotatable bonds is 6. The van der Waals surface area contributed by atoms with Gasteiger partial charge in [-0.05, 0) is 43.7 Å². The van der Waals surface area contributed by atoms with Crippen LogP contribution in [-0.4, -0.2) is 26.4 Å². The van der Waals surface area contributed by atoms with Gasteiger partial charge >= 0.3 is 0 Å². The molecule has 4 nitrogen and oxygen atoms in total. The Labute approximate surface area is 160 Å². The topological polar surface area (TPSA) is 55.1 Å². The molecule has 2 aliphatic rings. The van der Waals surface area contributed by atoms with Gasteiger partial charge < -0.3 is 5.11 Å². The Morgan fingerprint density at radius 3 is 2.68 bits per heavy atom. The maximum atomic E-state index is 13.1. The first kappa shape index (κ1) is 17.3. The van der Waals surface area contributed by atoms with Crippen molar-refractivity contribution < 1.29 is 9.90 Å². The van der Waals surface area contributed by atoms with Gasteiger partial charge in [0.05, 0.1) is 15.7 Å². The molecule has 0 unspecified atom stereocenters. The first-order valence-corrected chi connectivity index (χ1v) is 10.1. The molecule has 2 aliphatic carbocycles. The van der Waals surface area contributed by atoms with E-state index in [9.17, 15) is 9.90 Å². The third kappa shape index (κ3) is 3.29. The van der Waals surface area contributed by atoms with Gasteiger partial charge in [-0.25, -0.2) is 4.68 Å². The number of halogens is 2. The zero-order valence-electron chi connectivity index (χ0n) is 13.8. The van der Waals surface area contributed by atoms with Crippen molar-refractivity contribution in [2.24, 2.45) is 13.0 Å². The van der Waals surface area contributed by atoms with Crippen LogP contribution in [0.1, 0.15) is 53.2 Å². The van der Waals surface area contributed by atoms with E-state index in [4.69, 9.17) is 23.2 Å². The number of carbonyl (C=O) groups is 1. The summed E-state index contributed by atoms with van der Waals surface area (Å²) in [6, 6.07) is 3.34. The summed E-state index contributed by atoms with van der Waals surface area (Å²) in [5.41, 5.74) is 1.31. The Kier molecular flexibility index (Phi) is 4.50. The van der Waals surface area contributed by atoms with Crippen LogP contribution in [0.25, 0.3) is 0 Å². The summed E-state index contributed by atoms with van der Waals surface area (Å²) in [5.74, 6) is 1.54. The van der Waals surface area contributed by atoms with Crippen LogP contribution in [0.4, 0.5) is 0 Å². The number of carbonyl (C=O) groups excluding carboxylic acids is 1. The third-order valence-electron chi connectivity index (χ3n) is 4.69.